The molecule has 1 aliphatic heterocycles. The number of thioether (sulfide) groups is 1. The molecule has 0 radical (unpaired) electrons. The van der Waals surface area contributed by atoms with E-state index < -0.39 is 4.92 Å². The van der Waals surface area contributed by atoms with Crippen molar-refractivity contribution in [1.29, 1.82) is 0 Å². The maximum absolute atomic E-state index is 10.7. The Kier molecular flexibility index (Phi) is 3.20. The number of hydrogen-bond donors (Lipinski definition) is 0. The Morgan fingerprint density at radius 2 is 2.32 bits per heavy atom. The molecule has 1 aromatic heterocycles. The van der Waals surface area contributed by atoms with E-state index in [9.17, 15) is 10.1 Å². The van der Waals surface area contributed by atoms with Crippen molar-refractivity contribution in [3.05, 3.63) is 51.2 Å². The number of nitro groups is 1. The monoisotopic (exact) mass is 295 g/mol. The Morgan fingerprint density at radius 1 is 1.53 bits per heavy atom. The number of hydrogen-bond acceptors (Lipinski definition) is 4. The first-order valence-corrected chi connectivity index (χ1v) is 7.10. The number of fused-ring (bicyclic) bond motifs is 1. The highest BCUT2D eigenvalue weighted by Crippen LogP contribution is 2.40. The second-order valence-corrected chi connectivity index (χ2v) is 5.79. The van der Waals surface area contributed by atoms with Crippen molar-refractivity contribution in [2.75, 3.05) is 5.75 Å². The van der Waals surface area contributed by atoms with E-state index in [1.165, 1.54) is 16.7 Å². The molecule has 0 aliphatic carbocycles. The lowest BCUT2D eigenvalue weighted by Crippen LogP contribution is -2.09. The highest BCUT2D eigenvalue weighted by Gasteiger charge is 2.26. The number of benzene rings is 1. The molecule has 7 heteroatoms. The number of halogens is 1. The van der Waals surface area contributed by atoms with Crippen LogP contribution in [0.2, 0.25) is 5.02 Å². The first-order chi connectivity index (χ1) is 9.15. The van der Waals surface area contributed by atoms with E-state index in [4.69, 9.17) is 11.6 Å². The molecule has 98 valence electrons. The minimum atomic E-state index is -0.559. The summed E-state index contributed by atoms with van der Waals surface area (Å²) in [4.78, 5) is 11.4. The maximum atomic E-state index is 10.7. The fraction of sp³-hybridized carbons (Fsp3) is 0.250. The average molecular weight is 296 g/mol. The Balaban J connectivity index is 1.84. The molecule has 19 heavy (non-hydrogen) atoms. The Labute approximate surface area is 118 Å². The maximum Gasteiger partial charge on any atom is 0.408 e. The van der Waals surface area contributed by atoms with Crippen LogP contribution in [0.5, 0.6) is 0 Å². The summed E-state index contributed by atoms with van der Waals surface area (Å²) in [7, 11) is 0. The van der Waals surface area contributed by atoms with Crippen molar-refractivity contribution in [2.45, 2.75) is 17.4 Å². The molecular weight excluding hydrogens is 286 g/mol. The van der Waals surface area contributed by atoms with Crippen molar-refractivity contribution in [3.63, 3.8) is 0 Å². The average Bonchev–Trinajstić information content (AvgIpc) is 2.95. The first kappa shape index (κ1) is 12.5. The van der Waals surface area contributed by atoms with E-state index in [1.54, 1.807) is 16.4 Å². The molecule has 0 fully saturated rings. The third-order valence-electron chi connectivity index (χ3n) is 3.08. The van der Waals surface area contributed by atoms with Gasteiger partial charge in [0, 0.05) is 16.6 Å². The fourth-order valence-corrected chi connectivity index (χ4v) is 3.67. The predicted molar refractivity (Wildman–Crippen MR) is 73.8 cm³/mol. The molecule has 2 aromatic rings. The summed E-state index contributed by atoms with van der Waals surface area (Å²) >= 11 is 7.60. The van der Waals surface area contributed by atoms with Crippen LogP contribution in [0.25, 0.3) is 0 Å². The Hall–Kier alpha value is -1.53. The summed E-state index contributed by atoms with van der Waals surface area (Å²) in [5.41, 5.74) is 1.28. The predicted octanol–water partition coefficient (Wildman–Crippen LogP) is 3.33. The van der Waals surface area contributed by atoms with Gasteiger partial charge in [0.05, 0.1) is 17.8 Å². The quantitative estimate of drug-likeness (QED) is 0.643. The molecule has 0 N–H and O–H groups in total. The Bertz CT molecular complexity index is 644. The zero-order valence-corrected chi connectivity index (χ0v) is 11.4. The van der Waals surface area contributed by atoms with Crippen LogP contribution in [0.4, 0.5) is 5.82 Å². The minimum absolute atomic E-state index is 0.0870. The molecule has 1 atom stereocenters. The van der Waals surface area contributed by atoms with Gasteiger partial charge in [0.1, 0.15) is 0 Å². The summed E-state index contributed by atoms with van der Waals surface area (Å²) in [5.74, 6) is 1.00. The second kappa shape index (κ2) is 4.86. The highest BCUT2D eigenvalue weighted by atomic mass is 35.5. The van der Waals surface area contributed by atoms with E-state index in [1.807, 2.05) is 12.1 Å². The molecule has 0 saturated heterocycles. The molecule has 1 unspecified atom stereocenters. The lowest BCUT2D eigenvalue weighted by atomic mass is 10.0. The SMILES string of the molecule is O=[N+]([O-])c1nn(CC2CSc3ccccc32)cc1Cl. The van der Waals surface area contributed by atoms with Crippen LogP contribution in [0.1, 0.15) is 11.5 Å². The molecule has 3 rings (SSSR count). The van der Waals surface area contributed by atoms with E-state index in [2.05, 4.69) is 17.2 Å². The van der Waals surface area contributed by atoms with E-state index in [-0.39, 0.29) is 10.8 Å². The van der Waals surface area contributed by atoms with Crippen LogP contribution in [-0.2, 0) is 6.54 Å². The van der Waals surface area contributed by atoms with Crippen molar-refractivity contribution < 1.29 is 4.92 Å². The third kappa shape index (κ3) is 2.33. The van der Waals surface area contributed by atoms with Gasteiger partial charge in [0.2, 0.25) is 0 Å². The number of nitrogens with zero attached hydrogens (tertiary/aromatic N) is 3. The van der Waals surface area contributed by atoms with Gasteiger partial charge in [-0.2, -0.15) is 4.68 Å². The summed E-state index contributed by atoms with van der Waals surface area (Å²) in [6.45, 7) is 0.609. The Morgan fingerprint density at radius 3 is 3.05 bits per heavy atom. The van der Waals surface area contributed by atoms with Gasteiger partial charge >= 0.3 is 5.82 Å². The lowest BCUT2D eigenvalue weighted by Gasteiger charge is -2.07. The zero-order chi connectivity index (χ0) is 13.4. The lowest BCUT2D eigenvalue weighted by molar-refractivity contribution is -0.389. The topological polar surface area (TPSA) is 61.0 Å². The fourth-order valence-electron chi connectivity index (χ4n) is 2.21. The molecule has 0 bridgehead atoms. The van der Waals surface area contributed by atoms with E-state index >= 15 is 0 Å². The summed E-state index contributed by atoms with van der Waals surface area (Å²) in [5, 5.41) is 14.7. The van der Waals surface area contributed by atoms with Crippen LogP contribution in [0, 0.1) is 10.1 Å². The smallest absolute Gasteiger partial charge is 0.358 e. The van der Waals surface area contributed by atoms with Gasteiger partial charge in [-0.25, -0.2) is 0 Å². The standard InChI is InChI=1S/C12H10ClN3O2S/c13-10-6-15(14-12(10)16(17)18)5-8-7-19-11-4-2-1-3-9(8)11/h1-4,6,8H,5,7H2. The highest BCUT2D eigenvalue weighted by molar-refractivity contribution is 7.99. The van der Waals surface area contributed by atoms with Crippen molar-refractivity contribution in [1.82, 2.24) is 9.78 Å². The van der Waals surface area contributed by atoms with Gasteiger partial charge in [-0.05, 0) is 16.6 Å². The van der Waals surface area contributed by atoms with Crippen molar-refractivity contribution in [2.24, 2.45) is 0 Å². The first-order valence-electron chi connectivity index (χ1n) is 5.74. The van der Waals surface area contributed by atoms with Crippen LogP contribution >= 0.6 is 23.4 Å². The van der Waals surface area contributed by atoms with E-state index in [0.717, 1.165) is 5.75 Å². The summed E-state index contributed by atoms with van der Waals surface area (Å²) in [6, 6.07) is 8.22. The largest absolute Gasteiger partial charge is 0.408 e. The molecule has 0 saturated carbocycles. The summed E-state index contributed by atoms with van der Waals surface area (Å²) in [6.07, 6.45) is 1.52. The van der Waals surface area contributed by atoms with E-state index in [0.29, 0.717) is 12.5 Å². The molecule has 0 spiro atoms. The molecule has 2 heterocycles. The molecule has 5 nitrogen and oxygen atoms in total. The zero-order valence-electron chi connectivity index (χ0n) is 9.82. The molecule has 1 aliphatic rings. The second-order valence-electron chi connectivity index (χ2n) is 4.33. The normalized spacial score (nSPS) is 17.4. The third-order valence-corrected chi connectivity index (χ3v) is 4.60. The number of aromatic nitrogens is 2. The van der Waals surface area contributed by atoms with Crippen LogP contribution in [0.15, 0.2) is 35.4 Å². The van der Waals surface area contributed by atoms with Gasteiger partial charge in [-0.15, -0.1) is 11.8 Å². The molecule has 0 amide bonds. The van der Waals surface area contributed by atoms with Gasteiger partial charge in [-0.3, -0.25) is 0 Å². The van der Waals surface area contributed by atoms with Crippen molar-refractivity contribution in [3.8, 4) is 0 Å². The number of rotatable bonds is 3. The van der Waals surface area contributed by atoms with Gasteiger partial charge in [0.25, 0.3) is 0 Å². The van der Waals surface area contributed by atoms with Gasteiger partial charge in [-0.1, -0.05) is 29.8 Å². The van der Waals surface area contributed by atoms with Crippen LogP contribution in [0.3, 0.4) is 0 Å². The molecular formula is C12H10ClN3O2S. The van der Waals surface area contributed by atoms with Crippen molar-refractivity contribution >= 4 is 29.2 Å². The van der Waals surface area contributed by atoms with Gasteiger partial charge in [0.15, 0.2) is 5.02 Å². The molecule has 1 aromatic carbocycles. The van der Waals surface area contributed by atoms with Gasteiger partial charge < -0.3 is 10.1 Å². The summed E-state index contributed by atoms with van der Waals surface area (Å²) < 4.78 is 1.56. The van der Waals surface area contributed by atoms with Crippen LogP contribution in [-0.4, -0.2) is 20.5 Å². The minimum Gasteiger partial charge on any atom is -0.358 e. The van der Waals surface area contributed by atoms with Crippen LogP contribution < -0.4 is 0 Å².